The molecule has 2 fully saturated rings. The highest BCUT2D eigenvalue weighted by atomic mass is 19.1. The third kappa shape index (κ3) is 6.30. The summed E-state index contributed by atoms with van der Waals surface area (Å²) in [5.74, 6) is -1.20. The van der Waals surface area contributed by atoms with Crippen LogP contribution in [0.4, 0.5) is 8.78 Å². The number of alkyl halides is 1. The Bertz CT molecular complexity index is 1230. The number of carbonyl (C=O) groups is 2. The lowest BCUT2D eigenvalue weighted by molar-refractivity contribution is -0.121. The molecule has 38 heavy (non-hydrogen) atoms. The van der Waals surface area contributed by atoms with E-state index in [-0.39, 0.29) is 11.1 Å². The van der Waals surface area contributed by atoms with Gasteiger partial charge < -0.3 is 20.3 Å². The molecule has 0 radical (unpaired) electrons. The summed E-state index contributed by atoms with van der Waals surface area (Å²) in [5, 5.41) is 9.80. The zero-order valence-corrected chi connectivity index (χ0v) is 21.9. The van der Waals surface area contributed by atoms with E-state index in [2.05, 4.69) is 11.0 Å². The van der Waals surface area contributed by atoms with Gasteiger partial charge in [0.05, 0.1) is 17.7 Å². The number of benzene rings is 2. The van der Waals surface area contributed by atoms with Crippen molar-refractivity contribution in [2.45, 2.75) is 51.2 Å². The van der Waals surface area contributed by atoms with Crippen LogP contribution in [-0.2, 0) is 4.79 Å². The zero-order chi connectivity index (χ0) is 27.4. The Morgan fingerprint density at radius 3 is 2.55 bits per heavy atom. The first-order valence-corrected chi connectivity index (χ1v) is 13.0. The second-order valence-electron chi connectivity index (χ2n) is 10.8. The van der Waals surface area contributed by atoms with E-state index in [1.54, 1.807) is 38.1 Å². The fraction of sp³-hybridized carbons (Fsp3) is 0.483. The Morgan fingerprint density at radius 1 is 1.16 bits per heavy atom. The summed E-state index contributed by atoms with van der Waals surface area (Å²) in [6, 6.07) is 10.6. The summed E-state index contributed by atoms with van der Waals surface area (Å²) in [6.45, 7) is 5.94. The third-order valence-electron chi connectivity index (χ3n) is 7.26. The van der Waals surface area contributed by atoms with Crippen molar-refractivity contribution in [2.75, 3.05) is 32.8 Å². The molecule has 2 aliphatic heterocycles. The molecule has 0 aliphatic carbocycles. The first kappa shape index (κ1) is 27.5. The molecular weight excluding hydrogens is 490 g/mol. The first-order valence-electron chi connectivity index (χ1n) is 13.0. The molecule has 7 nitrogen and oxygen atoms in total. The topological polar surface area (TPSA) is 99.7 Å². The van der Waals surface area contributed by atoms with E-state index in [1.165, 1.54) is 17.0 Å². The van der Waals surface area contributed by atoms with Gasteiger partial charge in [-0.15, -0.1) is 0 Å². The molecule has 1 atom stereocenters. The highest BCUT2D eigenvalue weighted by Gasteiger charge is 2.35. The molecule has 9 heteroatoms. The Hall–Kier alpha value is -3.51. The number of ether oxygens (including phenoxy) is 1. The van der Waals surface area contributed by atoms with Crippen LogP contribution in [-0.4, -0.2) is 66.1 Å². The van der Waals surface area contributed by atoms with Crippen LogP contribution in [0.2, 0.25) is 0 Å². The largest absolute Gasteiger partial charge is 0.492 e. The maximum atomic E-state index is 15.0. The summed E-state index contributed by atoms with van der Waals surface area (Å²) in [7, 11) is 0. The number of piperidine rings is 1. The first-order chi connectivity index (χ1) is 18.1. The SMILES string of the molecule is CC(C)(F)CN1CCC(COc2ccc(-c3cccc(F)c3C(=O)N3CCC[C@H]3C(N)=O)cc2C#N)CC1. The van der Waals surface area contributed by atoms with Crippen molar-refractivity contribution in [3.63, 3.8) is 0 Å². The molecular formula is C29H34F2N4O3. The second kappa shape index (κ2) is 11.5. The summed E-state index contributed by atoms with van der Waals surface area (Å²) in [5.41, 5.74) is 5.19. The number of rotatable bonds is 8. The summed E-state index contributed by atoms with van der Waals surface area (Å²) in [6.07, 6.45) is 2.82. The molecule has 2 aliphatic rings. The van der Waals surface area contributed by atoms with Crippen LogP contribution >= 0.6 is 0 Å². The van der Waals surface area contributed by atoms with Crippen molar-refractivity contribution in [2.24, 2.45) is 11.7 Å². The molecule has 2 aromatic carbocycles. The Kier molecular flexibility index (Phi) is 8.32. The molecule has 2 aromatic rings. The van der Waals surface area contributed by atoms with Crippen molar-refractivity contribution >= 4 is 11.8 Å². The van der Waals surface area contributed by atoms with Crippen molar-refractivity contribution in [1.29, 1.82) is 5.26 Å². The number of hydrogen-bond acceptors (Lipinski definition) is 5. The maximum Gasteiger partial charge on any atom is 0.258 e. The Balaban J connectivity index is 1.49. The van der Waals surface area contributed by atoms with E-state index in [1.807, 2.05) is 0 Å². The van der Waals surface area contributed by atoms with Gasteiger partial charge in [0.2, 0.25) is 5.91 Å². The highest BCUT2D eigenvalue weighted by Crippen LogP contribution is 2.33. The van der Waals surface area contributed by atoms with Gasteiger partial charge in [0.1, 0.15) is 29.3 Å². The number of carbonyl (C=O) groups excluding carboxylic acids is 2. The normalized spacial score (nSPS) is 18.8. The fourth-order valence-corrected chi connectivity index (χ4v) is 5.39. The predicted molar refractivity (Wildman–Crippen MR) is 140 cm³/mol. The summed E-state index contributed by atoms with van der Waals surface area (Å²) >= 11 is 0. The number of halogens is 2. The molecule has 0 bridgehead atoms. The second-order valence-corrected chi connectivity index (χ2v) is 10.8. The Labute approximate surface area is 222 Å². The van der Waals surface area contributed by atoms with E-state index in [0.29, 0.717) is 55.3 Å². The van der Waals surface area contributed by atoms with Gasteiger partial charge in [0, 0.05) is 13.1 Å². The minimum absolute atomic E-state index is 0.151. The van der Waals surface area contributed by atoms with Gasteiger partial charge in [0.15, 0.2) is 0 Å². The quantitative estimate of drug-likeness (QED) is 0.555. The monoisotopic (exact) mass is 524 g/mol. The highest BCUT2D eigenvalue weighted by molar-refractivity contribution is 6.03. The molecule has 2 amide bonds. The molecule has 0 spiro atoms. The molecule has 202 valence electrons. The van der Waals surface area contributed by atoms with Crippen LogP contribution in [0.3, 0.4) is 0 Å². The maximum absolute atomic E-state index is 15.0. The molecule has 4 rings (SSSR count). The lowest BCUT2D eigenvalue weighted by Gasteiger charge is -2.34. The minimum Gasteiger partial charge on any atom is -0.492 e. The fourth-order valence-electron chi connectivity index (χ4n) is 5.39. The molecule has 0 saturated carbocycles. The Morgan fingerprint density at radius 2 is 1.89 bits per heavy atom. The number of nitrogens with two attached hydrogens (primary N) is 1. The standard InChI is InChI=1S/C29H34F2N4O3/c1-29(2,31)18-34-13-10-19(11-14-34)17-38-25-9-8-20(15-21(25)16-32)22-5-3-6-23(30)26(22)28(37)35-12-4-7-24(35)27(33)36/h3,5-6,8-9,15,19,24H,4,7,10-14,17-18H2,1-2H3,(H2,33,36)/t24-/m0/s1. The molecule has 0 aromatic heterocycles. The average Bonchev–Trinajstić information content (AvgIpc) is 3.37. The van der Waals surface area contributed by atoms with E-state index < -0.39 is 29.3 Å². The number of nitrogens with zero attached hydrogens (tertiary/aromatic N) is 3. The van der Waals surface area contributed by atoms with Crippen molar-refractivity contribution < 1.29 is 23.1 Å². The van der Waals surface area contributed by atoms with Crippen LogP contribution in [0, 0.1) is 23.1 Å². The van der Waals surface area contributed by atoms with Crippen molar-refractivity contribution in [3.8, 4) is 22.9 Å². The zero-order valence-electron chi connectivity index (χ0n) is 21.9. The minimum atomic E-state index is -1.23. The van der Waals surface area contributed by atoms with Gasteiger partial charge in [0.25, 0.3) is 5.91 Å². The number of hydrogen-bond donors (Lipinski definition) is 1. The number of primary amides is 1. The molecule has 2 heterocycles. The number of amides is 2. The van der Waals surface area contributed by atoms with Crippen LogP contribution in [0.5, 0.6) is 5.75 Å². The van der Waals surface area contributed by atoms with Gasteiger partial charge in [-0.2, -0.15) is 5.26 Å². The average molecular weight is 525 g/mol. The van der Waals surface area contributed by atoms with Gasteiger partial charge in [-0.3, -0.25) is 9.59 Å². The van der Waals surface area contributed by atoms with Crippen LogP contribution in [0.15, 0.2) is 36.4 Å². The van der Waals surface area contributed by atoms with Gasteiger partial charge in [-0.1, -0.05) is 18.2 Å². The molecule has 0 unspecified atom stereocenters. The van der Waals surface area contributed by atoms with E-state index in [9.17, 15) is 23.6 Å². The summed E-state index contributed by atoms with van der Waals surface area (Å²) < 4.78 is 34.9. The van der Waals surface area contributed by atoms with Crippen LogP contribution in [0.25, 0.3) is 11.1 Å². The van der Waals surface area contributed by atoms with Crippen LogP contribution in [0.1, 0.15) is 55.5 Å². The van der Waals surface area contributed by atoms with Crippen molar-refractivity contribution in [3.05, 3.63) is 53.3 Å². The number of nitriles is 1. The lowest BCUT2D eigenvalue weighted by Crippen LogP contribution is -2.44. The van der Waals surface area contributed by atoms with Gasteiger partial charge >= 0.3 is 0 Å². The van der Waals surface area contributed by atoms with E-state index in [0.717, 1.165) is 25.9 Å². The number of likely N-dealkylation sites (tertiary alicyclic amines) is 2. The van der Waals surface area contributed by atoms with Crippen LogP contribution < -0.4 is 10.5 Å². The van der Waals surface area contributed by atoms with Crippen molar-refractivity contribution in [1.82, 2.24) is 9.80 Å². The van der Waals surface area contributed by atoms with Gasteiger partial charge in [-0.25, -0.2) is 8.78 Å². The molecule has 2 N–H and O–H groups in total. The smallest absolute Gasteiger partial charge is 0.258 e. The van der Waals surface area contributed by atoms with Gasteiger partial charge in [-0.05, 0) is 87.9 Å². The van der Waals surface area contributed by atoms with E-state index in [4.69, 9.17) is 10.5 Å². The predicted octanol–water partition coefficient (Wildman–Crippen LogP) is 4.29. The summed E-state index contributed by atoms with van der Waals surface area (Å²) in [4.78, 5) is 28.6. The third-order valence-corrected chi connectivity index (χ3v) is 7.26. The molecule has 2 saturated heterocycles. The van der Waals surface area contributed by atoms with E-state index >= 15 is 0 Å². The lowest BCUT2D eigenvalue weighted by atomic mass is 9.96.